The summed E-state index contributed by atoms with van der Waals surface area (Å²) in [4.78, 5) is 24.2. The van der Waals surface area contributed by atoms with Crippen LogP contribution >= 0.6 is 0 Å². The summed E-state index contributed by atoms with van der Waals surface area (Å²) in [6, 6.07) is 9.55. The van der Waals surface area contributed by atoms with Crippen molar-refractivity contribution in [2.45, 2.75) is 52.6 Å². The van der Waals surface area contributed by atoms with Gasteiger partial charge in [0.15, 0.2) is 0 Å². The highest BCUT2D eigenvalue weighted by atomic mass is 16.5. The van der Waals surface area contributed by atoms with Crippen LogP contribution in [0.3, 0.4) is 0 Å². The van der Waals surface area contributed by atoms with Crippen molar-refractivity contribution >= 4 is 11.9 Å². The van der Waals surface area contributed by atoms with Crippen LogP contribution in [0.2, 0.25) is 0 Å². The first-order chi connectivity index (χ1) is 11.1. The van der Waals surface area contributed by atoms with Crippen LogP contribution in [0, 0.1) is 11.8 Å². The lowest BCUT2D eigenvalue weighted by molar-refractivity contribution is -0.159. The van der Waals surface area contributed by atoms with E-state index in [9.17, 15) is 9.59 Å². The second-order valence-corrected chi connectivity index (χ2v) is 5.86. The Morgan fingerprint density at radius 2 is 1.74 bits per heavy atom. The Morgan fingerprint density at radius 3 is 2.35 bits per heavy atom. The number of benzene rings is 1. The van der Waals surface area contributed by atoms with Crippen LogP contribution in [0.25, 0.3) is 0 Å². The van der Waals surface area contributed by atoms with Crippen LogP contribution in [0.5, 0.6) is 0 Å². The van der Waals surface area contributed by atoms with Crippen molar-refractivity contribution in [2.75, 3.05) is 7.11 Å². The number of hydrogen-bond donors (Lipinski definition) is 0. The van der Waals surface area contributed by atoms with Gasteiger partial charge in [-0.25, -0.2) is 0 Å². The third-order valence-corrected chi connectivity index (χ3v) is 4.07. The molecule has 1 rings (SSSR count). The minimum atomic E-state index is -0.482. The summed E-state index contributed by atoms with van der Waals surface area (Å²) in [5.41, 5.74) is 0.941. The van der Waals surface area contributed by atoms with Gasteiger partial charge in [0.05, 0.1) is 18.9 Å². The van der Waals surface area contributed by atoms with E-state index in [0.717, 1.165) is 31.2 Å². The van der Waals surface area contributed by atoms with Crippen LogP contribution in [-0.4, -0.2) is 19.0 Å². The SMILES string of the molecule is CCCCCCC(C(=O)OCc1ccccc1)C(C)C(=O)OC. The molecule has 128 valence electrons. The van der Waals surface area contributed by atoms with E-state index in [1.54, 1.807) is 6.92 Å². The molecule has 2 unspecified atom stereocenters. The molecule has 2 atom stereocenters. The molecule has 0 aromatic heterocycles. The number of carbonyl (C=O) groups is 2. The second-order valence-electron chi connectivity index (χ2n) is 5.86. The maximum Gasteiger partial charge on any atom is 0.310 e. The zero-order valence-electron chi connectivity index (χ0n) is 14.4. The van der Waals surface area contributed by atoms with E-state index >= 15 is 0 Å². The molecule has 23 heavy (non-hydrogen) atoms. The zero-order chi connectivity index (χ0) is 17.1. The van der Waals surface area contributed by atoms with Crippen molar-refractivity contribution in [1.82, 2.24) is 0 Å². The first kappa shape index (κ1) is 19.2. The molecule has 1 aromatic carbocycles. The summed E-state index contributed by atoms with van der Waals surface area (Å²) in [6.07, 6.45) is 4.91. The molecule has 0 saturated carbocycles. The van der Waals surface area contributed by atoms with E-state index in [0.29, 0.717) is 6.42 Å². The lowest BCUT2D eigenvalue weighted by Gasteiger charge is -2.20. The summed E-state index contributed by atoms with van der Waals surface area (Å²) < 4.78 is 10.2. The van der Waals surface area contributed by atoms with Gasteiger partial charge in [-0.15, -0.1) is 0 Å². The van der Waals surface area contributed by atoms with Gasteiger partial charge >= 0.3 is 11.9 Å². The van der Waals surface area contributed by atoms with Crippen LogP contribution in [0.15, 0.2) is 30.3 Å². The van der Waals surface area contributed by atoms with Gasteiger partial charge in [-0.3, -0.25) is 9.59 Å². The molecule has 0 fully saturated rings. The van der Waals surface area contributed by atoms with E-state index in [1.165, 1.54) is 7.11 Å². The molecule has 0 saturated heterocycles. The van der Waals surface area contributed by atoms with Gasteiger partial charge in [0, 0.05) is 0 Å². The minimum absolute atomic E-state index is 0.235. The number of hydrogen-bond acceptors (Lipinski definition) is 4. The van der Waals surface area contributed by atoms with Crippen LogP contribution in [0.4, 0.5) is 0 Å². The molecule has 4 heteroatoms. The van der Waals surface area contributed by atoms with Crippen molar-refractivity contribution in [3.8, 4) is 0 Å². The Hall–Kier alpha value is -1.84. The molecule has 0 aliphatic carbocycles. The van der Waals surface area contributed by atoms with Gasteiger partial charge in [-0.05, 0) is 12.0 Å². The van der Waals surface area contributed by atoms with E-state index in [4.69, 9.17) is 9.47 Å². The molecule has 0 amide bonds. The Bertz CT molecular complexity index is 470. The molecule has 0 bridgehead atoms. The van der Waals surface area contributed by atoms with Gasteiger partial charge in [0.1, 0.15) is 6.61 Å². The lowest BCUT2D eigenvalue weighted by atomic mass is 9.89. The Balaban J connectivity index is 2.61. The van der Waals surface area contributed by atoms with Crippen LogP contribution < -0.4 is 0 Å². The molecular formula is C19H28O4. The van der Waals surface area contributed by atoms with Gasteiger partial charge in [-0.2, -0.15) is 0 Å². The fraction of sp³-hybridized carbons (Fsp3) is 0.579. The summed E-state index contributed by atoms with van der Waals surface area (Å²) in [7, 11) is 1.35. The van der Waals surface area contributed by atoms with Gasteiger partial charge in [-0.1, -0.05) is 69.9 Å². The zero-order valence-corrected chi connectivity index (χ0v) is 14.4. The monoisotopic (exact) mass is 320 g/mol. The molecule has 0 aliphatic rings. The van der Waals surface area contributed by atoms with Crippen LogP contribution in [-0.2, 0) is 25.7 Å². The van der Waals surface area contributed by atoms with E-state index < -0.39 is 11.8 Å². The van der Waals surface area contributed by atoms with Crippen molar-refractivity contribution in [3.05, 3.63) is 35.9 Å². The van der Waals surface area contributed by atoms with E-state index in [-0.39, 0.29) is 18.5 Å². The summed E-state index contributed by atoms with van der Waals surface area (Å²) in [5, 5.41) is 0. The molecule has 0 spiro atoms. The van der Waals surface area contributed by atoms with Crippen molar-refractivity contribution < 1.29 is 19.1 Å². The number of unbranched alkanes of at least 4 members (excludes halogenated alkanes) is 3. The topological polar surface area (TPSA) is 52.6 Å². The Labute approximate surface area is 139 Å². The molecule has 1 aromatic rings. The maximum atomic E-state index is 12.4. The molecule has 0 heterocycles. The molecular weight excluding hydrogens is 292 g/mol. The maximum absolute atomic E-state index is 12.4. The number of rotatable bonds is 10. The minimum Gasteiger partial charge on any atom is -0.469 e. The van der Waals surface area contributed by atoms with Crippen LogP contribution in [0.1, 0.15) is 51.5 Å². The predicted octanol–water partition coefficient (Wildman–Crippen LogP) is 4.13. The Morgan fingerprint density at radius 1 is 1.04 bits per heavy atom. The van der Waals surface area contributed by atoms with Crippen molar-refractivity contribution in [1.29, 1.82) is 0 Å². The third-order valence-electron chi connectivity index (χ3n) is 4.07. The number of carbonyl (C=O) groups excluding carboxylic acids is 2. The number of methoxy groups -OCH3 is 1. The van der Waals surface area contributed by atoms with E-state index in [2.05, 4.69) is 6.92 Å². The predicted molar refractivity (Wildman–Crippen MR) is 89.7 cm³/mol. The number of esters is 2. The summed E-state index contributed by atoms with van der Waals surface area (Å²) in [6.45, 7) is 4.11. The first-order valence-corrected chi connectivity index (χ1v) is 8.38. The highest BCUT2D eigenvalue weighted by molar-refractivity contribution is 5.81. The Kier molecular flexibility index (Phi) is 9.03. The number of ether oxygens (including phenoxy) is 2. The van der Waals surface area contributed by atoms with Crippen molar-refractivity contribution in [3.63, 3.8) is 0 Å². The fourth-order valence-electron chi connectivity index (χ4n) is 2.55. The lowest BCUT2D eigenvalue weighted by Crippen LogP contribution is -2.30. The quantitative estimate of drug-likeness (QED) is 0.480. The van der Waals surface area contributed by atoms with E-state index in [1.807, 2.05) is 30.3 Å². The molecule has 4 nitrogen and oxygen atoms in total. The fourth-order valence-corrected chi connectivity index (χ4v) is 2.55. The molecule has 0 radical (unpaired) electrons. The average molecular weight is 320 g/mol. The standard InChI is InChI=1S/C19H28O4/c1-4-5-6-10-13-17(15(2)18(20)22-3)19(21)23-14-16-11-8-7-9-12-16/h7-9,11-12,15,17H,4-6,10,13-14H2,1-3H3. The smallest absolute Gasteiger partial charge is 0.310 e. The summed E-state index contributed by atoms with van der Waals surface area (Å²) >= 11 is 0. The van der Waals surface area contributed by atoms with Gasteiger partial charge < -0.3 is 9.47 Å². The first-order valence-electron chi connectivity index (χ1n) is 8.38. The largest absolute Gasteiger partial charge is 0.469 e. The second kappa shape index (κ2) is 10.8. The summed E-state index contributed by atoms with van der Waals surface area (Å²) in [5.74, 6) is -1.60. The van der Waals surface area contributed by atoms with Gasteiger partial charge in [0.25, 0.3) is 0 Å². The highest BCUT2D eigenvalue weighted by Crippen LogP contribution is 2.23. The van der Waals surface area contributed by atoms with Crippen molar-refractivity contribution in [2.24, 2.45) is 11.8 Å². The average Bonchev–Trinajstić information content (AvgIpc) is 2.59. The highest BCUT2D eigenvalue weighted by Gasteiger charge is 2.31. The third kappa shape index (κ3) is 6.85. The molecule has 0 N–H and O–H groups in total. The normalized spacial score (nSPS) is 13.2. The van der Waals surface area contributed by atoms with Gasteiger partial charge in [0.2, 0.25) is 0 Å². The molecule has 0 aliphatic heterocycles.